The van der Waals surface area contributed by atoms with E-state index in [1.54, 1.807) is 18.2 Å². The fraction of sp³-hybridized carbons (Fsp3) is 0.450. The molecule has 1 aromatic carbocycles. The monoisotopic (exact) mass is 448 g/mol. The van der Waals surface area contributed by atoms with Gasteiger partial charge in [-0.25, -0.2) is 0 Å². The number of nitrogens with one attached hydrogen (secondary N) is 1. The summed E-state index contributed by atoms with van der Waals surface area (Å²) in [5, 5.41) is 3.17. The Kier molecular flexibility index (Phi) is 3.99. The topological polar surface area (TPSA) is 66.5 Å². The van der Waals surface area contributed by atoms with Crippen molar-refractivity contribution in [2.75, 3.05) is 11.9 Å². The second-order valence-corrected chi connectivity index (χ2v) is 9.23. The molecule has 7 heteroatoms. The maximum atomic E-state index is 12.9. The van der Waals surface area contributed by atoms with Crippen molar-refractivity contribution in [1.29, 1.82) is 0 Å². The summed E-state index contributed by atoms with van der Waals surface area (Å²) < 4.78 is 0.822. The number of allylic oxidation sites excluding steroid dienone is 2. The summed E-state index contributed by atoms with van der Waals surface area (Å²) in [5.41, 5.74) is 0.514. The predicted octanol–water partition coefficient (Wildman–Crippen LogP) is 3.48. The molecule has 1 aliphatic heterocycles. The first-order chi connectivity index (χ1) is 13.0. The van der Waals surface area contributed by atoms with Crippen LogP contribution in [0.4, 0.5) is 5.69 Å². The highest BCUT2D eigenvalue weighted by molar-refractivity contribution is 9.10. The summed E-state index contributed by atoms with van der Waals surface area (Å²) >= 11 is 9.44. The van der Waals surface area contributed by atoms with Gasteiger partial charge in [0.15, 0.2) is 0 Å². The van der Waals surface area contributed by atoms with Gasteiger partial charge >= 0.3 is 0 Å². The first kappa shape index (κ1) is 17.4. The van der Waals surface area contributed by atoms with E-state index in [4.69, 9.17) is 11.6 Å². The van der Waals surface area contributed by atoms with Crippen molar-refractivity contribution in [1.82, 2.24) is 4.90 Å². The van der Waals surface area contributed by atoms with Crippen LogP contribution < -0.4 is 5.32 Å². The molecule has 1 aromatic rings. The van der Waals surface area contributed by atoms with Crippen LogP contribution in [0.2, 0.25) is 5.02 Å². The average molecular weight is 450 g/mol. The normalized spacial score (nSPS) is 35.3. The van der Waals surface area contributed by atoms with Crippen LogP contribution in [0, 0.1) is 35.5 Å². The van der Waals surface area contributed by atoms with Crippen LogP contribution in [0.1, 0.15) is 12.8 Å². The minimum absolute atomic E-state index is 0.0684. The van der Waals surface area contributed by atoms with Gasteiger partial charge in [-0.2, -0.15) is 0 Å². The number of likely N-dealkylation sites (tertiary alicyclic amines) is 1. The number of carbonyl (C=O) groups is 3. The van der Waals surface area contributed by atoms with Gasteiger partial charge in [0.2, 0.25) is 17.7 Å². The molecule has 6 atom stereocenters. The van der Waals surface area contributed by atoms with Gasteiger partial charge in [0.1, 0.15) is 0 Å². The van der Waals surface area contributed by atoms with E-state index in [9.17, 15) is 14.4 Å². The Bertz CT molecular complexity index is 865. The lowest BCUT2D eigenvalue weighted by Gasteiger charge is -2.37. The third-order valence-corrected chi connectivity index (χ3v) is 7.33. The van der Waals surface area contributed by atoms with E-state index in [-0.39, 0.29) is 54.4 Å². The zero-order chi connectivity index (χ0) is 18.9. The summed E-state index contributed by atoms with van der Waals surface area (Å²) in [6.07, 6.45) is 5.51. The van der Waals surface area contributed by atoms with Crippen LogP contribution in [0.3, 0.4) is 0 Å². The number of rotatable bonds is 4. The largest absolute Gasteiger partial charge is 0.325 e. The van der Waals surface area contributed by atoms with Gasteiger partial charge < -0.3 is 5.32 Å². The summed E-state index contributed by atoms with van der Waals surface area (Å²) in [5.74, 6) is 0.720. The van der Waals surface area contributed by atoms with E-state index in [1.165, 1.54) is 4.90 Å². The zero-order valence-electron chi connectivity index (χ0n) is 14.4. The summed E-state index contributed by atoms with van der Waals surface area (Å²) in [6, 6.07) is 5.19. The van der Waals surface area contributed by atoms with Crippen molar-refractivity contribution in [3.8, 4) is 0 Å². The van der Waals surface area contributed by atoms with Gasteiger partial charge in [0.05, 0.1) is 22.5 Å². The van der Waals surface area contributed by atoms with E-state index in [1.807, 2.05) is 0 Å². The predicted molar refractivity (Wildman–Crippen MR) is 104 cm³/mol. The molecular weight excluding hydrogens is 432 g/mol. The Morgan fingerprint density at radius 1 is 1.15 bits per heavy atom. The second-order valence-electron chi connectivity index (χ2n) is 7.91. The number of hydrogen-bond acceptors (Lipinski definition) is 3. The fourth-order valence-electron chi connectivity index (χ4n) is 5.26. The quantitative estimate of drug-likeness (QED) is 0.565. The van der Waals surface area contributed by atoms with Gasteiger partial charge in [0, 0.05) is 17.4 Å². The number of carbonyl (C=O) groups excluding carboxylic acids is 3. The lowest BCUT2D eigenvalue weighted by Crippen LogP contribution is -2.40. The number of hydrogen-bond donors (Lipinski definition) is 1. The van der Waals surface area contributed by atoms with Crippen molar-refractivity contribution in [3.63, 3.8) is 0 Å². The molecule has 0 aromatic heterocycles. The summed E-state index contributed by atoms with van der Waals surface area (Å²) in [7, 11) is 0. The highest BCUT2D eigenvalue weighted by Crippen LogP contribution is 2.65. The Hall–Kier alpha value is -1.66. The molecule has 2 saturated carbocycles. The number of halogens is 2. The zero-order valence-corrected chi connectivity index (χ0v) is 16.7. The number of imide groups is 1. The molecule has 1 N–H and O–H groups in total. The number of amides is 3. The van der Waals surface area contributed by atoms with E-state index in [2.05, 4.69) is 33.4 Å². The standard InChI is InChI=1S/C20H18BrClN2O3/c21-9-1-4-15(14(22)7-9)23-16(25)5-6-24-19(26)17-10-2-3-11(13-8-12(10)13)18(17)20(24)27/h1-4,7,10-13,17-18H,5-6,8H2,(H,23,25)/t10-,11-,12-,13-,17-,18+/m0/s1. The van der Waals surface area contributed by atoms with E-state index in [0.717, 1.165) is 10.9 Å². The molecule has 4 aliphatic carbocycles. The Morgan fingerprint density at radius 2 is 1.78 bits per heavy atom. The molecule has 3 fully saturated rings. The lowest BCUT2D eigenvalue weighted by molar-refractivity contribution is -0.140. The van der Waals surface area contributed by atoms with E-state index < -0.39 is 0 Å². The minimum Gasteiger partial charge on any atom is -0.325 e. The smallest absolute Gasteiger partial charge is 0.233 e. The van der Waals surface area contributed by atoms with Crippen LogP contribution >= 0.6 is 27.5 Å². The third kappa shape index (κ3) is 2.68. The molecule has 0 unspecified atom stereocenters. The first-order valence-electron chi connectivity index (χ1n) is 9.24. The molecule has 0 spiro atoms. The van der Waals surface area contributed by atoms with Crippen LogP contribution in [0.5, 0.6) is 0 Å². The molecular formula is C20H18BrClN2O3. The van der Waals surface area contributed by atoms with E-state index in [0.29, 0.717) is 22.5 Å². The molecule has 0 radical (unpaired) electrons. The maximum Gasteiger partial charge on any atom is 0.233 e. The van der Waals surface area contributed by atoms with Crippen molar-refractivity contribution < 1.29 is 14.4 Å². The molecule has 6 rings (SSSR count). The fourth-order valence-corrected chi connectivity index (χ4v) is 5.98. The lowest BCUT2D eigenvalue weighted by atomic mass is 9.63. The van der Waals surface area contributed by atoms with Crippen LogP contribution in [-0.4, -0.2) is 29.2 Å². The van der Waals surface area contributed by atoms with Crippen molar-refractivity contribution in [3.05, 3.63) is 39.8 Å². The van der Waals surface area contributed by atoms with Gasteiger partial charge in [0.25, 0.3) is 0 Å². The Labute approximate surface area is 170 Å². The number of anilines is 1. The van der Waals surface area contributed by atoms with Crippen LogP contribution in [0.15, 0.2) is 34.8 Å². The molecule has 3 amide bonds. The van der Waals surface area contributed by atoms with E-state index >= 15 is 0 Å². The first-order valence-corrected chi connectivity index (χ1v) is 10.4. The van der Waals surface area contributed by atoms with Crippen molar-refractivity contribution in [2.45, 2.75) is 12.8 Å². The average Bonchev–Trinajstić information content (AvgIpc) is 3.41. The molecule has 5 aliphatic rings. The van der Waals surface area contributed by atoms with Gasteiger partial charge in [-0.15, -0.1) is 0 Å². The number of benzene rings is 1. The Balaban J connectivity index is 1.25. The third-order valence-electron chi connectivity index (χ3n) is 6.52. The molecule has 1 heterocycles. The van der Waals surface area contributed by atoms with Crippen LogP contribution in [0.25, 0.3) is 0 Å². The minimum atomic E-state index is -0.265. The highest BCUT2D eigenvalue weighted by atomic mass is 79.9. The van der Waals surface area contributed by atoms with Gasteiger partial charge in [-0.3, -0.25) is 19.3 Å². The maximum absolute atomic E-state index is 12.9. The molecule has 2 bridgehead atoms. The summed E-state index contributed by atoms with van der Waals surface area (Å²) in [6.45, 7) is 0.124. The Morgan fingerprint density at radius 3 is 2.37 bits per heavy atom. The molecule has 5 nitrogen and oxygen atoms in total. The summed E-state index contributed by atoms with van der Waals surface area (Å²) in [4.78, 5) is 39.4. The van der Waals surface area contributed by atoms with Gasteiger partial charge in [-0.05, 0) is 48.3 Å². The SMILES string of the molecule is O=C(CCN1C(=O)[C@@H]2[C@H]3C=C[C@@H]([C@@H]4C[C@@H]34)[C@@H]2C1=O)Nc1ccc(Br)cc1Cl. The van der Waals surface area contributed by atoms with Crippen molar-refractivity contribution in [2.24, 2.45) is 35.5 Å². The number of nitrogens with zero attached hydrogens (tertiary/aromatic N) is 1. The molecule has 140 valence electrons. The van der Waals surface area contributed by atoms with Crippen molar-refractivity contribution >= 4 is 50.9 Å². The molecule has 1 saturated heterocycles. The van der Waals surface area contributed by atoms with Gasteiger partial charge in [-0.1, -0.05) is 39.7 Å². The highest BCUT2D eigenvalue weighted by Gasteiger charge is 2.66. The van der Waals surface area contributed by atoms with Crippen LogP contribution in [-0.2, 0) is 14.4 Å². The second kappa shape index (κ2) is 6.17. The molecule has 27 heavy (non-hydrogen) atoms.